The third-order valence-corrected chi connectivity index (χ3v) is 8.82. The number of carbonyl (C=O) groups excluding carboxylic acids is 4. The molecular weight excluding hydrogens is 496 g/mol. The first-order chi connectivity index (χ1) is 19.0. The number of allylic oxidation sites excluding steroid dienone is 2. The number of amides is 4. The molecule has 8 nitrogen and oxygen atoms in total. The van der Waals surface area contributed by atoms with E-state index in [2.05, 4.69) is 0 Å². The first-order valence-electron chi connectivity index (χ1n) is 13.2. The molecule has 2 aliphatic carbocycles. The van der Waals surface area contributed by atoms with Crippen LogP contribution in [0, 0.1) is 29.6 Å². The molecule has 0 bridgehead atoms. The lowest BCUT2D eigenvalue weighted by Gasteiger charge is -2.43. The van der Waals surface area contributed by atoms with Crippen LogP contribution in [0.25, 0.3) is 0 Å². The number of furan rings is 1. The summed E-state index contributed by atoms with van der Waals surface area (Å²) >= 11 is 0. The molecule has 1 saturated carbocycles. The molecule has 3 fully saturated rings. The Morgan fingerprint density at radius 2 is 1.28 bits per heavy atom. The second-order valence-corrected chi connectivity index (χ2v) is 10.7. The van der Waals surface area contributed by atoms with Gasteiger partial charge in [-0.05, 0) is 55.2 Å². The van der Waals surface area contributed by atoms with Gasteiger partial charge < -0.3 is 9.52 Å². The Hall–Kier alpha value is -4.30. The summed E-state index contributed by atoms with van der Waals surface area (Å²) in [6, 6.07) is 21.2. The van der Waals surface area contributed by atoms with E-state index in [1.807, 2.05) is 18.2 Å². The first-order valence-corrected chi connectivity index (χ1v) is 13.2. The van der Waals surface area contributed by atoms with Gasteiger partial charge in [0.05, 0.1) is 41.0 Å². The molecule has 2 aromatic carbocycles. The van der Waals surface area contributed by atoms with Gasteiger partial charge in [0.1, 0.15) is 18.1 Å². The molecule has 0 radical (unpaired) electrons. The van der Waals surface area contributed by atoms with Crippen molar-refractivity contribution in [2.24, 2.45) is 29.6 Å². The molecule has 3 heterocycles. The van der Waals surface area contributed by atoms with Gasteiger partial charge in [-0.3, -0.25) is 29.0 Å². The number of imide groups is 2. The van der Waals surface area contributed by atoms with Crippen LogP contribution in [0.15, 0.2) is 88.9 Å². The van der Waals surface area contributed by atoms with Gasteiger partial charge in [-0.15, -0.1) is 0 Å². The number of carbonyl (C=O) groups is 4. The van der Waals surface area contributed by atoms with Gasteiger partial charge in [0.2, 0.25) is 23.6 Å². The standard InChI is InChI=1S/C31H26N2O6/c34-16-19-11-14-24(39-19)26-20-12-13-21-25(30(37)32(28(21)35)17-7-3-1-4-8-17)22(20)15-23-27(26)31(38)33(29(23)36)18-9-5-2-6-10-18/h1-12,14,21-23,25-27,34H,13,15-16H2/t21-,22+,23+,25-,26+,27+/m0/s1. The Bertz CT molecular complexity index is 1530. The van der Waals surface area contributed by atoms with E-state index in [9.17, 15) is 24.3 Å². The molecule has 39 heavy (non-hydrogen) atoms. The summed E-state index contributed by atoms with van der Waals surface area (Å²) in [4.78, 5) is 57.7. The van der Waals surface area contributed by atoms with E-state index in [0.717, 1.165) is 5.57 Å². The van der Waals surface area contributed by atoms with Crippen LogP contribution in [0.2, 0.25) is 0 Å². The average Bonchev–Trinajstić information content (AvgIpc) is 3.62. The third kappa shape index (κ3) is 3.41. The normalized spacial score (nSPS) is 29.8. The summed E-state index contributed by atoms with van der Waals surface area (Å²) in [6.07, 6.45) is 2.66. The Morgan fingerprint density at radius 1 is 0.692 bits per heavy atom. The quantitative estimate of drug-likeness (QED) is 0.412. The van der Waals surface area contributed by atoms with Crippen molar-refractivity contribution in [2.45, 2.75) is 25.4 Å². The maximum absolute atomic E-state index is 13.9. The summed E-state index contributed by atoms with van der Waals surface area (Å²) in [5, 5.41) is 9.65. The zero-order valence-electron chi connectivity index (χ0n) is 21.0. The Balaban J connectivity index is 1.33. The molecule has 4 amide bonds. The lowest BCUT2D eigenvalue weighted by atomic mass is 9.58. The zero-order chi connectivity index (χ0) is 26.8. The van der Waals surface area contributed by atoms with E-state index in [-0.39, 0.29) is 30.2 Å². The van der Waals surface area contributed by atoms with Crippen molar-refractivity contribution in [2.75, 3.05) is 9.80 Å². The van der Waals surface area contributed by atoms with Crippen molar-refractivity contribution in [3.8, 4) is 0 Å². The molecule has 196 valence electrons. The fourth-order valence-electron chi connectivity index (χ4n) is 7.21. The molecular formula is C31H26N2O6. The molecule has 3 aromatic rings. The predicted molar refractivity (Wildman–Crippen MR) is 140 cm³/mol. The monoisotopic (exact) mass is 522 g/mol. The van der Waals surface area contributed by atoms with E-state index in [1.165, 1.54) is 9.80 Å². The highest BCUT2D eigenvalue weighted by molar-refractivity contribution is 6.24. The summed E-state index contributed by atoms with van der Waals surface area (Å²) in [5.41, 5.74) is 1.91. The zero-order valence-corrected chi connectivity index (χ0v) is 21.0. The third-order valence-electron chi connectivity index (χ3n) is 8.82. The van der Waals surface area contributed by atoms with Gasteiger partial charge in [0.15, 0.2) is 0 Å². The van der Waals surface area contributed by atoms with Crippen LogP contribution in [0.5, 0.6) is 0 Å². The van der Waals surface area contributed by atoms with Gasteiger partial charge in [-0.2, -0.15) is 0 Å². The smallest absolute Gasteiger partial charge is 0.238 e. The molecule has 4 aliphatic rings. The van der Waals surface area contributed by atoms with Crippen molar-refractivity contribution >= 4 is 35.0 Å². The van der Waals surface area contributed by atoms with Crippen molar-refractivity contribution in [1.29, 1.82) is 0 Å². The average molecular weight is 523 g/mol. The van der Waals surface area contributed by atoms with Crippen LogP contribution in [-0.4, -0.2) is 28.7 Å². The minimum Gasteiger partial charge on any atom is -0.463 e. The summed E-state index contributed by atoms with van der Waals surface area (Å²) in [6.45, 7) is -0.296. The van der Waals surface area contributed by atoms with E-state index >= 15 is 0 Å². The topological polar surface area (TPSA) is 108 Å². The van der Waals surface area contributed by atoms with Gasteiger partial charge in [-0.25, -0.2) is 0 Å². The highest BCUT2D eigenvalue weighted by Gasteiger charge is 2.62. The van der Waals surface area contributed by atoms with Gasteiger partial charge in [-0.1, -0.05) is 48.0 Å². The number of hydrogen-bond donors (Lipinski definition) is 1. The van der Waals surface area contributed by atoms with E-state index in [4.69, 9.17) is 4.42 Å². The lowest BCUT2D eigenvalue weighted by molar-refractivity contribution is -0.126. The number of anilines is 2. The summed E-state index contributed by atoms with van der Waals surface area (Å²) in [7, 11) is 0. The Kier molecular flexibility index (Phi) is 5.42. The summed E-state index contributed by atoms with van der Waals surface area (Å²) < 4.78 is 5.97. The molecule has 2 aliphatic heterocycles. The molecule has 8 heteroatoms. The van der Waals surface area contributed by atoms with E-state index in [1.54, 1.807) is 60.7 Å². The Labute approximate surface area is 224 Å². The van der Waals surface area contributed by atoms with Crippen LogP contribution in [0.3, 0.4) is 0 Å². The van der Waals surface area contributed by atoms with Gasteiger partial charge >= 0.3 is 0 Å². The molecule has 1 aromatic heterocycles. The first kappa shape index (κ1) is 23.8. The van der Waals surface area contributed by atoms with Gasteiger partial charge in [0, 0.05) is 0 Å². The SMILES string of the molecule is O=C1[C@H]2[C@H](CC=C3[C@H]2C[C@H]2C(=O)N(c4ccccc4)C(=O)[C@H]2[C@H]3c2ccc(CO)o2)C(=O)N1c1ccccc1. The van der Waals surface area contributed by atoms with Crippen LogP contribution in [0.1, 0.15) is 30.3 Å². The minimum atomic E-state index is -0.702. The molecule has 0 spiro atoms. The highest BCUT2D eigenvalue weighted by Crippen LogP contribution is 2.58. The van der Waals surface area contributed by atoms with E-state index in [0.29, 0.717) is 35.7 Å². The number of nitrogens with zero attached hydrogens (tertiary/aromatic N) is 2. The number of aliphatic hydroxyl groups excluding tert-OH is 1. The van der Waals surface area contributed by atoms with Crippen molar-refractivity contribution in [3.05, 3.63) is 96.0 Å². The molecule has 1 N–H and O–H groups in total. The highest BCUT2D eigenvalue weighted by atomic mass is 16.4. The summed E-state index contributed by atoms with van der Waals surface area (Å²) in [5.74, 6) is -3.74. The van der Waals surface area contributed by atoms with Crippen molar-refractivity contribution in [3.63, 3.8) is 0 Å². The predicted octanol–water partition coefficient (Wildman–Crippen LogP) is 3.82. The maximum atomic E-state index is 13.9. The van der Waals surface area contributed by atoms with Crippen LogP contribution in [-0.2, 0) is 25.8 Å². The number of aliphatic hydroxyl groups is 1. The molecule has 2 saturated heterocycles. The second-order valence-electron chi connectivity index (χ2n) is 10.7. The fourth-order valence-corrected chi connectivity index (χ4v) is 7.21. The van der Waals surface area contributed by atoms with Gasteiger partial charge in [0.25, 0.3) is 0 Å². The minimum absolute atomic E-state index is 0.231. The fraction of sp³-hybridized carbons (Fsp3) is 0.290. The molecule has 7 rings (SSSR count). The molecule has 6 atom stereocenters. The molecule has 0 unspecified atom stereocenters. The number of hydrogen-bond acceptors (Lipinski definition) is 6. The van der Waals surface area contributed by atoms with Crippen LogP contribution < -0.4 is 9.80 Å². The van der Waals surface area contributed by atoms with E-state index < -0.39 is 35.5 Å². The number of fused-ring (bicyclic) bond motifs is 4. The Morgan fingerprint density at radius 3 is 1.87 bits per heavy atom. The maximum Gasteiger partial charge on any atom is 0.238 e. The number of rotatable bonds is 4. The number of benzene rings is 2. The number of para-hydroxylation sites is 2. The van der Waals surface area contributed by atoms with Crippen molar-refractivity contribution in [1.82, 2.24) is 0 Å². The second kappa shape index (κ2) is 8.88. The largest absolute Gasteiger partial charge is 0.463 e. The van der Waals surface area contributed by atoms with Crippen LogP contribution in [0.4, 0.5) is 11.4 Å². The lowest BCUT2D eigenvalue weighted by Crippen LogP contribution is -2.43. The van der Waals surface area contributed by atoms with Crippen molar-refractivity contribution < 1.29 is 28.7 Å². The van der Waals surface area contributed by atoms with Crippen LogP contribution >= 0.6 is 0 Å².